The van der Waals surface area contributed by atoms with Gasteiger partial charge in [0.25, 0.3) is 5.69 Å². The molecule has 1 aromatic rings. The summed E-state index contributed by atoms with van der Waals surface area (Å²) in [4.78, 5) is 22.8. The number of aliphatic carboxylic acids is 1. The van der Waals surface area contributed by atoms with Crippen molar-refractivity contribution in [2.24, 2.45) is 5.92 Å². The summed E-state index contributed by atoms with van der Waals surface area (Å²) in [6.45, 7) is 2.24. The van der Waals surface area contributed by atoms with Crippen molar-refractivity contribution in [3.05, 3.63) is 34.1 Å². The lowest BCUT2D eigenvalue weighted by molar-refractivity contribution is -0.385. The number of nitro benzene ring substituents is 1. The Kier molecular flexibility index (Phi) is 3.87. The molecule has 0 radical (unpaired) electrons. The van der Waals surface area contributed by atoms with Crippen molar-refractivity contribution < 1.29 is 19.2 Å². The first-order valence-corrected chi connectivity index (χ1v) is 6.35. The van der Waals surface area contributed by atoms with Crippen LogP contribution in [0.1, 0.15) is 19.8 Å². The van der Waals surface area contributed by atoms with E-state index in [4.69, 9.17) is 0 Å². The molecule has 2 unspecified atom stereocenters. The zero-order chi connectivity index (χ0) is 14.9. The van der Waals surface area contributed by atoms with E-state index in [1.54, 1.807) is 0 Å². The molecule has 7 heteroatoms. The van der Waals surface area contributed by atoms with Gasteiger partial charge in [0, 0.05) is 12.6 Å². The number of carbonyl (C=O) groups is 1. The van der Waals surface area contributed by atoms with Crippen LogP contribution in [0.25, 0.3) is 0 Å². The van der Waals surface area contributed by atoms with Crippen LogP contribution in [0.3, 0.4) is 0 Å². The largest absolute Gasteiger partial charge is 0.480 e. The van der Waals surface area contributed by atoms with Gasteiger partial charge >= 0.3 is 5.97 Å². The molecule has 1 aromatic carbocycles. The van der Waals surface area contributed by atoms with Crippen LogP contribution in [-0.2, 0) is 4.79 Å². The molecule has 1 aliphatic heterocycles. The second-order valence-electron chi connectivity index (χ2n) is 4.99. The van der Waals surface area contributed by atoms with Crippen molar-refractivity contribution in [3.63, 3.8) is 0 Å². The van der Waals surface area contributed by atoms with Gasteiger partial charge in [0.1, 0.15) is 6.04 Å². The molecule has 6 nitrogen and oxygen atoms in total. The molecule has 2 rings (SSSR count). The molecule has 1 N–H and O–H groups in total. The van der Waals surface area contributed by atoms with E-state index in [2.05, 4.69) is 0 Å². The lowest BCUT2D eigenvalue weighted by atomic mass is 9.90. The maximum atomic E-state index is 14.0. The number of anilines is 1. The van der Waals surface area contributed by atoms with Gasteiger partial charge in [-0.2, -0.15) is 0 Å². The Labute approximate surface area is 115 Å². The van der Waals surface area contributed by atoms with E-state index >= 15 is 0 Å². The van der Waals surface area contributed by atoms with Crippen molar-refractivity contribution in [2.45, 2.75) is 25.8 Å². The molecule has 0 amide bonds. The highest BCUT2D eigenvalue weighted by atomic mass is 19.1. The molecule has 1 heterocycles. The van der Waals surface area contributed by atoms with Crippen LogP contribution in [0.2, 0.25) is 0 Å². The number of rotatable bonds is 3. The van der Waals surface area contributed by atoms with Crippen molar-refractivity contribution in [1.82, 2.24) is 0 Å². The van der Waals surface area contributed by atoms with Crippen molar-refractivity contribution in [2.75, 3.05) is 11.4 Å². The predicted molar refractivity (Wildman–Crippen MR) is 70.2 cm³/mol. The Hall–Kier alpha value is -2.18. The topological polar surface area (TPSA) is 83.7 Å². The lowest BCUT2D eigenvalue weighted by Crippen LogP contribution is -2.49. The van der Waals surface area contributed by atoms with Gasteiger partial charge < -0.3 is 10.0 Å². The van der Waals surface area contributed by atoms with Crippen LogP contribution in [0.15, 0.2) is 18.2 Å². The van der Waals surface area contributed by atoms with Gasteiger partial charge in [0.15, 0.2) is 5.82 Å². The minimum Gasteiger partial charge on any atom is -0.480 e. The first-order chi connectivity index (χ1) is 9.41. The van der Waals surface area contributed by atoms with Crippen LogP contribution in [0.5, 0.6) is 0 Å². The van der Waals surface area contributed by atoms with E-state index in [-0.39, 0.29) is 17.3 Å². The number of benzene rings is 1. The number of halogens is 1. The highest BCUT2D eigenvalue weighted by molar-refractivity contribution is 5.79. The van der Waals surface area contributed by atoms with Gasteiger partial charge in [-0.15, -0.1) is 0 Å². The van der Waals surface area contributed by atoms with E-state index in [1.165, 1.54) is 17.0 Å². The van der Waals surface area contributed by atoms with Gasteiger partial charge in [0.2, 0.25) is 0 Å². The van der Waals surface area contributed by atoms with Crippen LogP contribution >= 0.6 is 0 Å². The SMILES string of the molecule is CC1CCCN(c2ccc([N+](=O)[O-])cc2F)C1C(=O)O. The normalized spacial score (nSPS) is 22.6. The predicted octanol–water partition coefficient (Wildman–Crippen LogP) is 2.42. The second-order valence-corrected chi connectivity index (χ2v) is 4.99. The monoisotopic (exact) mass is 282 g/mol. The van der Waals surface area contributed by atoms with Crippen molar-refractivity contribution in [3.8, 4) is 0 Å². The first kappa shape index (κ1) is 14.2. The number of piperidine rings is 1. The fourth-order valence-electron chi connectivity index (χ4n) is 2.68. The van der Waals surface area contributed by atoms with Crippen LogP contribution in [0, 0.1) is 21.8 Å². The minimum atomic E-state index is -1.00. The summed E-state index contributed by atoms with van der Waals surface area (Å²) in [6, 6.07) is 2.49. The summed E-state index contributed by atoms with van der Waals surface area (Å²) >= 11 is 0. The number of non-ortho nitro benzene ring substituents is 1. The Morgan fingerprint density at radius 3 is 2.80 bits per heavy atom. The molecular formula is C13H15FN2O4. The lowest BCUT2D eigenvalue weighted by Gasteiger charge is -2.38. The number of hydrogen-bond acceptors (Lipinski definition) is 4. The molecule has 0 bridgehead atoms. The average molecular weight is 282 g/mol. The van der Waals surface area contributed by atoms with E-state index < -0.39 is 22.8 Å². The minimum absolute atomic E-state index is 0.101. The maximum absolute atomic E-state index is 14.0. The van der Waals surface area contributed by atoms with Crippen LogP contribution in [0.4, 0.5) is 15.8 Å². The fourth-order valence-corrected chi connectivity index (χ4v) is 2.68. The summed E-state index contributed by atoms with van der Waals surface area (Å²) < 4.78 is 14.0. The fraction of sp³-hybridized carbons (Fsp3) is 0.462. The molecule has 0 saturated carbocycles. The summed E-state index contributed by atoms with van der Waals surface area (Å²) in [5.41, 5.74) is -0.238. The molecule has 20 heavy (non-hydrogen) atoms. The molecule has 2 atom stereocenters. The number of nitrogens with zero attached hydrogens (tertiary/aromatic N) is 2. The number of carboxylic acids is 1. The maximum Gasteiger partial charge on any atom is 0.326 e. The Balaban J connectivity index is 2.38. The average Bonchev–Trinajstić information content (AvgIpc) is 2.37. The van der Waals surface area contributed by atoms with E-state index in [0.29, 0.717) is 6.54 Å². The summed E-state index contributed by atoms with van der Waals surface area (Å²) in [7, 11) is 0. The molecule has 0 aromatic heterocycles. The van der Waals surface area contributed by atoms with Gasteiger partial charge in [-0.1, -0.05) is 6.92 Å². The number of nitro groups is 1. The highest BCUT2D eigenvalue weighted by Crippen LogP contribution is 2.32. The zero-order valence-corrected chi connectivity index (χ0v) is 11.0. The molecule has 1 saturated heterocycles. The first-order valence-electron chi connectivity index (χ1n) is 6.35. The third-order valence-electron chi connectivity index (χ3n) is 3.64. The molecule has 0 aliphatic carbocycles. The summed E-state index contributed by atoms with van der Waals surface area (Å²) in [6.07, 6.45) is 1.53. The molecular weight excluding hydrogens is 267 g/mol. The van der Waals surface area contributed by atoms with Gasteiger partial charge in [-0.25, -0.2) is 9.18 Å². The standard InChI is InChI=1S/C13H15FN2O4/c1-8-3-2-6-15(12(8)13(17)18)11-5-4-9(16(19)20)7-10(11)14/h4-5,7-8,12H,2-3,6H2,1H3,(H,17,18). The molecule has 1 aliphatic rings. The second kappa shape index (κ2) is 5.44. The zero-order valence-electron chi connectivity index (χ0n) is 11.0. The van der Waals surface area contributed by atoms with Crippen molar-refractivity contribution >= 4 is 17.3 Å². The quantitative estimate of drug-likeness (QED) is 0.680. The van der Waals surface area contributed by atoms with E-state index in [0.717, 1.165) is 18.9 Å². The molecule has 108 valence electrons. The van der Waals surface area contributed by atoms with E-state index in [1.807, 2.05) is 6.92 Å². The third kappa shape index (κ3) is 2.56. The van der Waals surface area contributed by atoms with Crippen LogP contribution in [-0.4, -0.2) is 28.6 Å². The van der Waals surface area contributed by atoms with E-state index in [9.17, 15) is 24.4 Å². The van der Waals surface area contributed by atoms with Gasteiger partial charge in [0.05, 0.1) is 16.7 Å². The van der Waals surface area contributed by atoms with Gasteiger partial charge in [-0.3, -0.25) is 10.1 Å². The van der Waals surface area contributed by atoms with Gasteiger partial charge in [-0.05, 0) is 24.8 Å². The molecule has 0 spiro atoms. The Morgan fingerprint density at radius 1 is 1.55 bits per heavy atom. The summed E-state index contributed by atoms with van der Waals surface area (Å²) in [5, 5.41) is 19.9. The Morgan fingerprint density at radius 2 is 2.25 bits per heavy atom. The number of hydrogen-bond donors (Lipinski definition) is 1. The van der Waals surface area contributed by atoms with Crippen LogP contribution < -0.4 is 4.90 Å². The highest BCUT2D eigenvalue weighted by Gasteiger charge is 2.35. The summed E-state index contributed by atoms with van der Waals surface area (Å²) in [5.74, 6) is -1.87. The Bertz CT molecular complexity index is 549. The smallest absolute Gasteiger partial charge is 0.326 e. The number of carboxylic acid groups (broad SMARTS) is 1. The van der Waals surface area contributed by atoms with Crippen molar-refractivity contribution in [1.29, 1.82) is 0 Å². The third-order valence-corrected chi connectivity index (χ3v) is 3.64. The molecule has 1 fully saturated rings.